The molecule has 0 atom stereocenters. The second-order valence-electron chi connectivity index (χ2n) is 3.25. The Bertz CT molecular complexity index is 454. The van der Waals surface area contributed by atoms with Gasteiger partial charge in [-0.3, -0.25) is 0 Å². The molecule has 0 aromatic heterocycles. The second-order valence-corrected chi connectivity index (χ2v) is 4.37. The van der Waals surface area contributed by atoms with E-state index in [2.05, 4.69) is 0 Å². The molecule has 2 aromatic carbocycles. The van der Waals surface area contributed by atoms with E-state index in [0.29, 0.717) is 4.90 Å². The number of benzene rings is 2. The van der Waals surface area contributed by atoms with E-state index in [4.69, 9.17) is 0 Å². The molecule has 2 aromatic rings. The van der Waals surface area contributed by atoms with Gasteiger partial charge in [-0.2, -0.15) is 0 Å². The highest BCUT2D eigenvalue weighted by atomic mass is 32.2. The number of halogens is 2. The Balaban J connectivity index is 2.28. The van der Waals surface area contributed by atoms with Crippen molar-refractivity contribution < 1.29 is 8.78 Å². The maximum absolute atomic E-state index is 12.7. The third-order valence-electron chi connectivity index (χ3n) is 2.13. The number of hydrogen-bond acceptors (Lipinski definition) is 1. The quantitative estimate of drug-likeness (QED) is 0.739. The molecule has 0 N–H and O–H groups in total. The van der Waals surface area contributed by atoms with Crippen LogP contribution in [0.4, 0.5) is 8.78 Å². The molecule has 3 heteroatoms. The lowest BCUT2D eigenvalue weighted by Crippen LogP contribution is -1.87. The van der Waals surface area contributed by atoms with Crippen LogP contribution in [0, 0.1) is 0 Å². The molecule has 0 aliphatic rings. The Morgan fingerprint density at radius 3 is 2.12 bits per heavy atom. The summed E-state index contributed by atoms with van der Waals surface area (Å²) < 4.78 is 25.4. The Kier molecular flexibility index (Phi) is 3.57. The molecule has 2 rings (SSSR count). The van der Waals surface area contributed by atoms with Gasteiger partial charge in [-0.1, -0.05) is 48.2 Å². The van der Waals surface area contributed by atoms with Crippen molar-refractivity contribution in [1.82, 2.24) is 0 Å². The monoisotopic (exact) mass is 236 g/mol. The predicted molar refractivity (Wildman–Crippen MR) is 62.0 cm³/mol. The summed E-state index contributed by atoms with van der Waals surface area (Å²) in [6.45, 7) is 0. The summed E-state index contributed by atoms with van der Waals surface area (Å²) in [4.78, 5) is 1.58. The minimum absolute atomic E-state index is 0.0938. The van der Waals surface area contributed by atoms with Crippen molar-refractivity contribution in [3.63, 3.8) is 0 Å². The molecule has 0 amide bonds. The van der Waals surface area contributed by atoms with E-state index in [1.54, 1.807) is 18.2 Å². The first-order valence-corrected chi connectivity index (χ1v) is 5.69. The van der Waals surface area contributed by atoms with Crippen LogP contribution in [-0.4, -0.2) is 0 Å². The molecule has 0 unspecified atom stereocenters. The Morgan fingerprint density at radius 2 is 1.44 bits per heavy atom. The average Bonchev–Trinajstić information content (AvgIpc) is 2.31. The van der Waals surface area contributed by atoms with E-state index >= 15 is 0 Å². The number of hydrogen-bond donors (Lipinski definition) is 0. The first-order chi connectivity index (χ1) is 7.77. The van der Waals surface area contributed by atoms with Crippen LogP contribution >= 0.6 is 11.8 Å². The highest BCUT2D eigenvalue weighted by molar-refractivity contribution is 7.99. The molecule has 0 heterocycles. The average molecular weight is 236 g/mol. The molecule has 0 saturated carbocycles. The van der Waals surface area contributed by atoms with Crippen molar-refractivity contribution in [2.45, 2.75) is 16.2 Å². The van der Waals surface area contributed by atoms with Crippen LogP contribution in [0.25, 0.3) is 0 Å². The molecular formula is C13H10F2S. The molecule has 0 nitrogen and oxygen atoms in total. The third-order valence-corrected chi connectivity index (χ3v) is 3.22. The van der Waals surface area contributed by atoms with Gasteiger partial charge in [0, 0.05) is 15.4 Å². The number of rotatable bonds is 3. The zero-order chi connectivity index (χ0) is 11.4. The standard InChI is InChI=1S/C13H10F2S/c14-13(15)11-8-4-5-9-12(11)16-10-6-2-1-3-7-10/h1-9,13H. The maximum Gasteiger partial charge on any atom is 0.264 e. The predicted octanol–water partition coefficient (Wildman–Crippen LogP) is 4.78. The van der Waals surface area contributed by atoms with E-state index in [-0.39, 0.29) is 5.56 Å². The molecule has 0 radical (unpaired) electrons. The van der Waals surface area contributed by atoms with Crippen molar-refractivity contribution in [1.29, 1.82) is 0 Å². The van der Waals surface area contributed by atoms with Crippen LogP contribution in [0.5, 0.6) is 0 Å². The minimum Gasteiger partial charge on any atom is -0.205 e. The van der Waals surface area contributed by atoms with Crippen LogP contribution in [0.3, 0.4) is 0 Å². The van der Waals surface area contributed by atoms with Gasteiger partial charge in [0.25, 0.3) is 6.43 Å². The van der Waals surface area contributed by atoms with E-state index in [1.165, 1.54) is 17.8 Å². The molecule has 0 bridgehead atoms. The van der Waals surface area contributed by atoms with Gasteiger partial charge in [-0.15, -0.1) is 0 Å². The van der Waals surface area contributed by atoms with Crippen LogP contribution in [-0.2, 0) is 0 Å². The summed E-state index contributed by atoms with van der Waals surface area (Å²) >= 11 is 1.36. The topological polar surface area (TPSA) is 0 Å². The van der Waals surface area contributed by atoms with Gasteiger partial charge >= 0.3 is 0 Å². The van der Waals surface area contributed by atoms with Crippen molar-refractivity contribution in [2.24, 2.45) is 0 Å². The molecule has 0 fully saturated rings. The Hall–Kier alpha value is -1.35. The van der Waals surface area contributed by atoms with Crippen LogP contribution in [0.2, 0.25) is 0 Å². The molecule has 0 aliphatic carbocycles. The molecule has 0 spiro atoms. The summed E-state index contributed by atoms with van der Waals surface area (Å²) in [5.74, 6) is 0. The largest absolute Gasteiger partial charge is 0.264 e. The molecule has 16 heavy (non-hydrogen) atoms. The van der Waals surface area contributed by atoms with Crippen LogP contribution in [0.1, 0.15) is 12.0 Å². The van der Waals surface area contributed by atoms with Crippen molar-refractivity contribution in [3.8, 4) is 0 Å². The van der Waals surface area contributed by atoms with Gasteiger partial charge < -0.3 is 0 Å². The van der Waals surface area contributed by atoms with Gasteiger partial charge in [-0.05, 0) is 18.2 Å². The van der Waals surface area contributed by atoms with Gasteiger partial charge in [0.2, 0.25) is 0 Å². The Labute approximate surface area is 97.3 Å². The van der Waals surface area contributed by atoms with Crippen molar-refractivity contribution in [2.75, 3.05) is 0 Å². The zero-order valence-electron chi connectivity index (χ0n) is 8.44. The van der Waals surface area contributed by atoms with Gasteiger partial charge in [0.1, 0.15) is 0 Å². The summed E-state index contributed by atoms with van der Waals surface area (Å²) in [5, 5.41) is 0. The lowest BCUT2D eigenvalue weighted by Gasteiger charge is -2.07. The lowest BCUT2D eigenvalue weighted by molar-refractivity contribution is 0.148. The lowest BCUT2D eigenvalue weighted by atomic mass is 10.2. The van der Waals surface area contributed by atoms with Gasteiger partial charge in [-0.25, -0.2) is 8.78 Å². The van der Waals surface area contributed by atoms with Gasteiger partial charge in [0.15, 0.2) is 0 Å². The Morgan fingerprint density at radius 1 is 0.812 bits per heavy atom. The highest BCUT2D eigenvalue weighted by Gasteiger charge is 2.12. The fourth-order valence-electron chi connectivity index (χ4n) is 1.37. The number of alkyl halides is 2. The summed E-state index contributed by atoms with van der Waals surface area (Å²) in [5.41, 5.74) is 0.0938. The normalized spacial score (nSPS) is 10.7. The first kappa shape index (κ1) is 11.1. The third kappa shape index (κ3) is 2.61. The van der Waals surface area contributed by atoms with E-state index in [9.17, 15) is 8.78 Å². The van der Waals surface area contributed by atoms with Crippen molar-refractivity contribution >= 4 is 11.8 Å². The molecular weight excluding hydrogens is 226 g/mol. The molecule has 0 saturated heterocycles. The van der Waals surface area contributed by atoms with Crippen LogP contribution < -0.4 is 0 Å². The van der Waals surface area contributed by atoms with E-state index in [0.717, 1.165) is 4.90 Å². The second kappa shape index (κ2) is 5.12. The van der Waals surface area contributed by atoms with Gasteiger partial charge in [0.05, 0.1) is 0 Å². The highest BCUT2D eigenvalue weighted by Crippen LogP contribution is 2.34. The maximum atomic E-state index is 12.7. The zero-order valence-corrected chi connectivity index (χ0v) is 9.25. The summed E-state index contributed by atoms with van der Waals surface area (Å²) in [6.07, 6.45) is -2.42. The minimum atomic E-state index is -2.42. The smallest absolute Gasteiger partial charge is 0.205 e. The fraction of sp³-hybridized carbons (Fsp3) is 0.0769. The first-order valence-electron chi connectivity index (χ1n) is 4.87. The van der Waals surface area contributed by atoms with Crippen LogP contribution in [0.15, 0.2) is 64.4 Å². The van der Waals surface area contributed by atoms with E-state index < -0.39 is 6.43 Å². The van der Waals surface area contributed by atoms with Crippen molar-refractivity contribution in [3.05, 3.63) is 60.2 Å². The van der Waals surface area contributed by atoms with E-state index in [1.807, 2.05) is 30.3 Å². The molecule has 82 valence electrons. The SMILES string of the molecule is FC(F)c1ccccc1Sc1ccccc1. The summed E-state index contributed by atoms with van der Waals surface area (Å²) in [6, 6.07) is 16.1. The summed E-state index contributed by atoms with van der Waals surface area (Å²) in [7, 11) is 0. The molecule has 0 aliphatic heterocycles. The fourth-order valence-corrected chi connectivity index (χ4v) is 2.34.